The van der Waals surface area contributed by atoms with Crippen molar-refractivity contribution in [1.29, 1.82) is 0 Å². The zero-order chi connectivity index (χ0) is 25.1. The third-order valence-corrected chi connectivity index (χ3v) is 6.74. The summed E-state index contributed by atoms with van der Waals surface area (Å²) in [6.45, 7) is 2.49. The van der Waals surface area contributed by atoms with Crippen molar-refractivity contribution < 1.29 is 14.0 Å². The topological polar surface area (TPSA) is 66.7 Å². The highest BCUT2D eigenvalue weighted by atomic mass is 32.2. The van der Waals surface area contributed by atoms with Gasteiger partial charge >= 0.3 is 0 Å². The first-order chi connectivity index (χ1) is 17.5. The Balaban J connectivity index is 1.44. The molecule has 0 radical (unpaired) electrons. The Morgan fingerprint density at radius 1 is 1.03 bits per heavy atom. The van der Waals surface area contributed by atoms with Crippen molar-refractivity contribution in [2.75, 3.05) is 11.9 Å². The number of fused-ring (bicyclic) bond motifs is 1. The van der Waals surface area contributed by atoms with E-state index >= 15 is 0 Å². The second kappa shape index (κ2) is 10.2. The number of rotatable bonds is 6. The van der Waals surface area contributed by atoms with Gasteiger partial charge in [0.15, 0.2) is 5.17 Å². The molecular formula is C28H23FN4O2S. The molecule has 0 spiro atoms. The van der Waals surface area contributed by atoms with Gasteiger partial charge < -0.3 is 9.88 Å². The van der Waals surface area contributed by atoms with Crippen LogP contribution in [0.2, 0.25) is 0 Å². The Hall–Kier alpha value is -4.17. The van der Waals surface area contributed by atoms with Crippen LogP contribution in [0.4, 0.5) is 15.8 Å². The molecule has 5 rings (SSSR count). The van der Waals surface area contributed by atoms with Crippen LogP contribution in [0.1, 0.15) is 12.5 Å². The number of likely N-dealkylation sites (N-methyl/N-ethyl adjacent to an activating group) is 1. The van der Waals surface area contributed by atoms with Gasteiger partial charge in [0.2, 0.25) is 5.91 Å². The third-order valence-electron chi connectivity index (χ3n) is 5.73. The van der Waals surface area contributed by atoms with E-state index in [2.05, 4.69) is 10.3 Å². The highest BCUT2D eigenvalue weighted by Crippen LogP contribution is 2.35. The van der Waals surface area contributed by atoms with E-state index < -0.39 is 0 Å². The second-order valence-corrected chi connectivity index (χ2v) is 9.18. The van der Waals surface area contributed by atoms with Crippen molar-refractivity contribution in [3.63, 3.8) is 0 Å². The van der Waals surface area contributed by atoms with Gasteiger partial charge in [-0.2, -0.15) is 0 Å². The Bertz CT molecular complexity index is 1490. The summed E-state index contributed by atoms with van der Waals surface area (Å²) >= 11 is 1.28. The molecule has 0 aliphatic carbocycles. The van der Waals surface area contributed by atoms with E-state index in [9.17, 15) is 14.0 Å². The summed E-state index contributed by atoms with van der Waals surface area (Å²) in [5, 5.41) is 4.40. The number of hydrogen-bond acceptors (Lipinski definition) is 4. The van der Waals surface area contributed by atoms with Gasteiger partial charge in [-0.3, -0.25) is 14.5 Å². The van der Waals surface area contributed by atoms with Crippen molar-refractivity contribution in [2.24, 2.45) is 4.99 Å². The normalized spacial score (nSPS) is 15.8. The van der Waals surface area contributed by atoms with Crippen molar-refractivity contribution in [1.82, 2.24) is 9.47 Å². The lowest BCUT2D eigenvalue weighted by Gasteiger charge is -2.11. The molecule has 2 heterocycles. The fourth-order valence-electron chi connectivity index (χ4n) is 4.04. The molecule has 36 heavy (non-hydrogen) atoms. The predicted octanol–water partition coefficient (Wildman–Crippen LogP) is 6.04. The monoisotopic (exact) mass is 498 g/mol. The molecule has 180 valence electrons. The van der Waals surface area contributed by atoms with Crippen molar-refractivity contribution in [3.05, 3.63) is 101 Å². The van der Waals surface area contributed by atoms with Gasteiger partial charge in [-0.05, 0) is 67.2 Å². The van der Waals surface area contributed by atoms with E-state index in [-0.39, 0.29) is 24.2 Å². The number of aromatic nitrogens is 1. The highest BCUT2D eigenvalue weighted by molar-refractivity contribution is 8.18. The van der Waals surface area contributed by atoms with Crippen LogP contribution in [-0.4, -0.2) is 33.0 Å². The SMILES string of the molecule is CCN1C(=O)/C(=C\c2cn(CC(=O)Nc3ccccc3)c3ccccc23)SC1=Nc1ccc(F)cc1. The minimum absolute atomic E-state index is 0.137. The van der Waals surface area contributed by atoms with Crippen LogP contribution in [0.5, 0.6) is 0 Å². The smallest absolute Gasteiger partial charge is 0.266 e. The van der Waals surface area contributed by atoms with Gasteiger partial charge in [0.25, 0.3) is 5.91 Å². The molecule has 4 aromatic rings. The first kappa shape index (κ1) is 23.6. The van der Waals surface area contributed by atoms with Gasteiger partial charge in [-0.25, -0.2) is 9.38 Å². The van der Waals surface area contributed by atoms with Crippen LogP contribution in [-0.2, 0) is 16.1 Å². The summed E-state index contributed by atoms with van der Waals surface area (Å²) in [5.41, 5.74) is 3.05. The number of nitrogens with zero attached hydrogens (tertiary/aromatic N) is 3. The molecule has 1 fully saturated rings. The zero-order valence-electron chi connectivity index (χ0n) is 19.5. The summed E-state index contributed by atoms with van der Waals surface area (Å²) in [6, 6.07) is 23.0. The molecule has 6 nitrogen and oxygen atoms in total. The number of amides is 2. The van der Waals surface area contributed by atoms with Gasteiger partial charge in [0, 0.05) is 34.9 Å². The van der Waals surface area contributed by atoms with Gasteiger partial charge in [0.1, 0.15) is 12.4 Å². The third kappa shape index (κ3) is 4.94. The molecule has 1 saturated heterocycles. The van der Waals surface area contributed by atoms with Crippen LogP contribution >= 0.6 is 11.8 Å². The van der Waals surface area contributed by atoms with Gasteiger partial charge in [-0.1, -0.05) is 36.4 Å². The van der Waals surface area contributed by atoms with Crippen LogP contribution in [0.25, 0.3) is 17.0 Å². The highest BCUT2D eigenvalue weighted by Gasteiger charge is 2.32. The number of anilines is 1. The number of hydrogen-bond donors (Lipinski definition) is 1. The average molecular weight is 499 g/mol. The number of nitrogens with one attached hydrogen (secondary N) is 1. The van der Waals surface area contributed by atoms with Gasteiger partial charge in [-0.15, -0.1) is 0 Å². The van der Waals surface area contributed by atoms with E-state index in [4.69, 9.17) is 0 Å². The van der Waals surface area contributed by atoms with Crippen LogP contribution in [0.15, 0.2) is 95.0 Å². The quantitative estimate of drug-likeness (QED) is 0.330. The zero-order valence-corrected chi connectivity index (χ0v) is 20.3. The minimum Gasteiger partial charge on any atom is -0.337 e. The van der Waals surface area contributed by atoms with Crippen LogP contribution < -0.4 is 5.32 Å². The Morgan fingerprint density at radius 2 is 1.75 bits per heavy atom. The van der Waals surface area contributed by atoms with Crippen molar-refractivity contribution in [3.8, 4) is 0 Å². The molecule has 0 atom stereocenters. The number of carbonyl (C=O) groups is 2. The predicted molar refractivity (Wildman–Crippen MR) is 143 cm³/mol. The standard InChI is InChI=1S/C28H23FN4O2S/c1-2-33-27(35)25(36-28(33)31-22-14-12-20(29)13-15-22)16-19-17-32(24-11-7-6-10-23(19)24)18-26(34)30-21-8-4-3-5-9-21/h3-17H,2,18H2,1H3,(H,30,34)/b25-16+,31-28?. The second-order valence-electron chi connectivity index (χ2n) is 8.17. The maximum atomic E-state index is 13.3. The van der Waals surface area contributed by atoms with Crippen molar-refractivity contribution >= 4 is 57.1 Å². The molecule has 1 aromatic heterocycles. The largest absolute Gasteiger partial charge is 0.337 e. The molecule has 8 heteroatoms. The van der Waals surface area contributed by atoms with E-state index in [1.165, 1.54) is 23.9 Å². The fraction of sp³-hybridized carbons (Fsp3) is 0.107. The molecule has 1 aliphatic rings. The molecule has 1 aliphatic heterocycles. The molecule has 3 aromatic carbocycles. The summed E-state index contributed by atoms with van der Waals surface area (Å²) in [6.07, 6.45) is 3.73. The summed E-state index contributed by atoms with van der Waals surface area (Å²) in [7, 11) is 0. The van der Waals surface area contributed by atoms with Crippen LogP contribution in [0, 0.1) is 5.82 Å². The minimum atomic E-state index is -0.337. The van der Waals surface area contributed by atoms with Gasteiger partial charge in [0.05, 0.1) is 10.6 Å². The molecule has 1 N–H and O–H groups in total. The average Bonchev–Trinajstić information content (AvgIpc) is 3.37. The number of aliphatic imine (C=N–C) groups is 1. The summed E-state index contributed by atoms with van der Waals surface area (Å²) < 4.78 is 15.2. The lowest BCUT2D eigenvalue weighted by atomic mass is 10.1. The number of para-hydroxylation sites is 2. The summed E-state index contributed by atoms with van der Waals surface area (Å²) in [4.78, 5) is 32.5. The number of thioether (sulfide) groups is 1. The first-order valence-electron chi connectivity index (χ1n) is 11.5. The van der Waals surface area contributed by atoms with E-state index in [1.54, 1.807) is 17.0 Å². The fourth-order valence-corrected chi connectivity index (χ4v) is 5.09. The summed E-state index contributed by atoms with van der Waals surface area (Å²) in [5.74, 6) is -0.615. The lowest BCUT2D eigenvalue weighted by molar-refractivity contribution is -0.122. The molecule has 2 amide bonds. The van der Waals surface area contributed by atoms with E-state index in [1.807, 2.05) is 78.4 Å². The Morgan fingerprint density at radius 3 is 2.50 bits per heavy atom. The first-order valence-corrected chi connectivity index (χ1v) is 12.3. The maximum absolute atomic E-state index is 13.3. The lowest BCUT2D eigenvalue weighted by Crippen LogP contribution is -2.28. The maximum Gasteiger partial charge on any atom is 0.266 e. The Kier molecular flexibility index (Phi) is 6.69. The van der Waals surface area contributed by atoms with Crippen molar-refractivity contribution in [2.45, 2.75) is 13.5 Å². The molecule has 0 unspecified atom stereocenters. The molecular weight excluding hydrogens is 475 g/mol. The van der Waals surface area contributed by atoms with Crippen LogP contribution in [0.3, 0.4) is 0 Å². The number of carbonyl (C=O) groups excluding carboxylic acids is 2. The number of amidine groups is 1. The Labute approximate surface area is 212 Å². The number of benzene rings is 3. The van der Waals surface area contributed by atoms with E-state index in [0.29, 0.717) is 22.3 Å². The van der Waals surface area contributed by atoms with E-state index in [0.717, 1.165) is 22.2 Å². The molecule has 0 saturated carbocycles. The number of halogens is 1. The molecule has 0 bridgehead atoms.